The van der Waals surface area contributed by atoms with E-state index < -0.39 is 0 Å². The van der Waals surface area contributed by atoms with E-state index in [0.29, 0.717) is 0 Å². The minimum atomic E-state index is -0.157. The Bertz CT molecular complexity index is 3420. The van der Waals surface area contributed by atoms with Gasteiger partial charge in [-0.15, -0.1) is 45.3 Å². The summed E-state index contributed by atoms with van der Waals surface area (Å²) in [6.45, 7) is 9.19. The smallest absolute Gasteiger partial charge is 0.0775 e. The van der Waals surface area contributed by atoms with E-state index in [9.17, 15) is 0 Å². The van der Waals surface area contributed by atoms with Gasteiger partial charge in [-0.25, -0.2) is 0 Å². The van der Waals surface area contributed by atoms with Crippen molar-refractivity contribution in [1.82, 2.24) is 0 Å². The van der Waals surface area contributed by atoms with Gasteiger partial charge in [0.25, 0.3) is 0 Å². The predicted molar refractivity (Wildman–Crippen MR) is 362 cm³/mol. The topological polar surface area (TPSA) is 0 Å². The summed E-state index contributed by atoms with van der Waals surface area (Å²) in [4.78, 5) is 10.3. The van der Waals surface area contributed by atoms with Gasteiger partial charge in [-0.1, -0.05) is 240 Å². The number of benzene rings is 4. The van der Waals surface area contributed by atoms with Gasteiger partial charge >= 0.3 is 0 Å². The molecule has 422 valence electrons. The van der Waals surface area contributed by atoms with Crippen molar-refractivity contribution in [2.45, 2.75) is 219 Å². The SMILES string of the molecule is CCCCCCCCc1ccc(C#Cc2cc3c4c5c(cccc25)C(C#Cc2ccc(CCCCCCCC)s2)c2cc(C#Cc5ccc(CCCCCCCC)s5)c5cccc(c5c2-4)C3C#Cc2ccc(CCCCCCCC)s2)s1. The summed E-state index contributed by atoms with van der Waals surface area (Å²) in [7, 11) is 0. The highest BCUT2D eigenvalue weighted by Crippen LogP contribution is 2.56. The first kappa shape index (κ1) is 59.6. The Morgan fingerprint density at radius 3 is 0.939 bits per heavy atom. The van der Waals surface area contributed by atoms with Crippen molar-refractivity contribution in [2.24, 2.45) is 0 Å². The quantitative estimate of drug-likeness (QED) is 0.0339. The molecule has 0 nitrogen and oxygen atoms in total. The molecule has 0 saturated heterocycles. The second-order valence-electron chi connectivity index (χ2n) is 23.4. The minimum Gasteiger partial charge on any atom is -0.132 e. The van der Waals surface area contributed by atoms with Crippen LogP contribution in [0.4, 0.5) is 0 Å². The highest BCUT2D eigenvalue weighted by molar-refractivity contribution is 7.13. The van der Waals surface area contributed by atoms with Crippen molar-refractivity contribution in [3.8, 4) is 58.5 Å². The molecule has 4 aromatic carbocycles. The number of thiophene rings is 4. The summed E-state index contributed by atoms with van der Waals surface area (Å²) in [6.07, 6.45) is 36.0. The molecule has 0 spiro atoms. The van der Waals surface area contributed by atoms with Gasteiger partial charge in [-0.2, -0.15) is 0 Å². The molecule has 8 aromatic rings. The fraction of sp³-hybridized carbons (Fsp3) is 0.436. The second kappa shape index (κ2) is 30.8. The van der Waals surface area contributed by atoms with E-state index in [1.54, 1.807) is 0 Å². The Morgan fingerprint density at radius 2 is 0.610 bits per heavy atom. The van der Waals surface area contributed by atoms with Crippen LogP contribution in [0.25, 0.3) is 32.7 Å². The van der Waals surface area contributed by atoms with Crippen molar-refractivity contribution in [3.63, 3.8) is 0 Å². The molecule has 10 rings (SSSR count). The summed E-state index contributed by atoms with van der Waals surface area (Å²) < 4.78 is 0. The lowest BCUT2D eigenvalue weighted by Gasteiger charge is -2.35. The number of hydrogen-bond donors (Lipinski definition) is 0. The van der Waals surface area contributed by atoms with Crippen molar-refractivity contribution in [1.29, 1.82) is 0 Å². The Balaban J connectivity index is 1.08. The highest BCUT2D eigenvalue weighted by Gasteiger charge is 2.37. The molecule has 2 unspecified atom stereocenters. The zero-order valence-corrected chi connectivity index (χ0v) is 53.1. The standard InChI is InChI=1S/C78H86S4/c1-5-9-13-17-21-25-31-59-43-47-63(79-59)41-39-57-55-73-69(53-51-65-49-45-61(81-65)33-27-23-19-15-11-7-3)72-38-30-36-68-58(40-42-64-48-44-60(80-64)32-26-22-18-14-10-6-2)56-74-70(71-37-29-35-67(57)75(71)77(73)78(74)76(68)72)54-52-66-50-46-62(82-66)34-28-24-20-16-12-8-4/h29-30,35-38,43-50,55-56,69-70H,5-28,31-34H2,1-4H3. The van der Waals surface area contributed by atoms with Crippen LogP contribution >= 0.6 is 45.3 Å². The van der Waals surface area contributed by atoms with Gasteiger partial charge in [0.05, 0.1) is 31.3 Å². The van der Waals surface area contributed by atoms with Crippen molar-refractivity contribution in [2.75, 3.05) is 0 Å². The maximum absolute atomic E-state index is 3.99. The monoisotopic (exact) mass is 1150 g/mol. The normalized spacial score (nSPS) is 13.6. The van der Waals surface area contributed by atoms with Crippen molar-refractivity contribution < 1.29 is 0 Å². The van der Waals surface area contributed by atoms with E-state index in [0.717, 1.165) is 56.3 Å². The van der Waals surface area contributed by atoms with E-state index >= 15 is 0 Å². The molecule has 0 aliphatic heterocycles. The molecular formula is C78H86S4. The maximum Gasteiger partial charge on any atom is 0.0775 e. The van der Waals surface area contributed by atoms with E-state index in [4.69, 9.17) is 0 Å². The molecule has 0 fully saturated rings. The molecule has 2 atom stereocenters. The largest absolute Gasteiger partial charge is 0.132 e. The molecule has 0 bridgehead atoms. The van der Waals surface area contributed by atoms with Gasteiger partial charge < -0.3 is 0 Å². The third-order valence-electron chi connectivity index (χ3n) is 17.0. The van der Waals surface area contributed by atoms with Gasteiger partial charge in [0, 0.05) is 30.6 Å². The van der Waals surface area contributed by atoms with E-state index in [1.165, 1.54) is 229 Å². The molecule has 4 aromatic heterocycles. The van der Waals surface area contributed by atoms with Crippen LogP contribution in [0.5, 0.6) is 0 Å². The lowest BCUT2D eigenvalue weighted by atomic mass is 9.66. The van der Waals surface area contributed by atoms with Gasteiger partial charge in [0.15, 0.2) is 0 Å². The zero-order chi connectivity index (χ0) is 56.3. The number of aryl methyl sites for hydroxylation is 4. The zero-order valence-electron chi connectivity index (χ0n) is 49.8. The first-order chi connectivity index (χ1) is 40.5. The fourth-order valence-electron chi connectivity index (χ4n) is 12.6. The molecular weight excluding hydrogens is 1070 g/mol. The van der Waals surface area contributed by atoms with Gasteiger partial charge in [-0.3, -0.25) is 0 Å². The van der Waals surface area contributed by atoms with Crippen LogP contribution in [0.3, 0.4) is 0 Å². The summed E-state index contributed by atoms with van der Waals surface area (Å²) in [5.41, 5.74) is 9.82. The predicted octanol–water partition coefficient (Wildman–Crippen LogP) is 23.3. The molecule has 0 N–H and O–H groups in total. The first-order valence-corrected chi connectivity index (χ1v) is 35.4. The molecule has 2 aliphatic carbocycles. The number of unbranched alkanes of at least 4 members (excludes halogenated alkanes) is 20. The lowest BCUT2D eigenvalue weighted by Crippen LogP contribution is -2.17. The molecule has 0 amide bonds. The lowest BCUT2D eigenvalue weighted by molar-refractivity contribution is 0.609. The number of hydrogen-bond acceptors (Lipinski definition) is 4. The van der Waals surface area contributed by atoms with E-state index in [2.05, 4.69) is 172 Å². The van der Waals surface area contributed by atoms with Crippen LogP contribution in [0.15, 0.2) is 97.1 Å². The fourth-order valence-corrected chi connectivity index (χ4v) is 16.2. The van der Waals surface area contributed by atoms with E-state index in [-0.39, 0.29) is 11.8 Å². The third-order valence-corrected chi connectivity index (χ3v) is 21.3. The average Bonchev–Trinajstić information content (AvgIpc) is 1.15. The molecule has 0 radical (unpaired) electrons. The molecule has 82 heavy (non-hydrogen) atoms. The summed E-state index contributed by atoms with van der Waals surface area (Å²) >= 11 is 7.52. The first-order valence-electron chi connectivity index (χ1n) is 32.1. The summed E-state index contributed by atoms with van der Waals surface area (Å²) in [6, 6.07) is 37.1. The Labute approximate surface area is 510 Å². The molecule has 2 aliphatic rings. The van der Waals surface area contributed by atoms with Crippen LogP contribution < -0.4 is 0 Å². The molecule has 4 heteroatoms. The summed E-state index contributed by atoms with van der Waals surface area (Å²) in [5, 5.41) is 4.99. The summed E-state index contributed by atoms with van der Waals surface area (Å²) in [5.74, 6) is 30.4. The maximum atomic E-state index is 3.99. The Kier molecular flexibility index (Phi) is 22.4. The van der Waals surface area contributed by atoms with Crippen LogP contribution in [0.2, 0.25) is 0 Å². The van der Waals surface area contributed by atoms with Gasteiger partial charge in [0.2, 0.25) is 0 Å². The van der Waals surface area contributed by atoms with Gasteiger partial charge in [0.1, 0.15) is 0 Å². The number of rotatable bonds is 28. The van der Waals surface area contributed by atoms with Crippen molar-refractivity contribution >= 4 is 66.9 Å². The van der Waals surface area contributed by atoms with Gasteiger partial charge in [-0.05, 0) is 167 Å². The van der Waals surface area contributed by atoms with Crippen LogP contribution in [0.1, 0.15) is 266 Å². The average molecular weight is 1150 g/mol. The molecule has 0 saturated carbocycles. The van der Waals surface area contributed by atoms with Crippen molar-refractivity contribution in [3.05, 3.63) is 169 Å². The second-order valence-corrected chi connectivity index (χ2v) is 28.0. The Hall–Kier alpha value is -5.56. The van der Waals surface area contributed by atoms with Crippen LogP contribution in [-0.4, -0.2) is 0 Å². The highest BCUT2D eigenvalue weighted by atomic mass is 32.1. The van der Waals surface area contributed by atoms with E-state index in [1.807, 2.05) is 45.3 Å². The third kappa shape index (κ3) is 15.2. The Morgan fingerprint density at radius 1 is 0.305 bits per heavy atom. The van der Waals surface area contributed by atoms with Crippen LogP contribution in [-0.2, 0) is 25.7 Å². The van der Waals surface area contributed by atoms with Crippen LogP contribution in [0, 0.1) is 47.4 Å². The minimum absolute atomic E-state index is 0.157. The molecule has 4 heterocycles.